The molecule has 126 valence electrons. The SMILES string of the molecule is Cc1ccc(C(=O)O)cc1S(=O)(=O)N1CCN(CC2CC2)CC1. The van der Waals surface area contributed by atoms with E-state index in [0.29, 0.717) is 18.7 Å². The van der Waals surface area contributed by atoms with E-state index < -0.39 is 16.0 Å². The van der Waals surface area contributed by atoms with Crippen molar-refractivity contribution >= 4 is 16.0 Å². The Balaban J connectivity index is 1.76. The average Bonchev–Trinajstić information content (AvgIpc) is 3.32. The maximum Gasteiger partial charge on any atom is 0.335 e. The Morgan fingerprint density at radius 2 is 1.87 bits per heavy atom. The van der Waals surface area contributed by atoms with Crippen molar-refractivity contribution in [1.29, 1.82) is 0 Å². The summed E-state index contributed by atoms with van der Waals surface area (Å²) >= 11 is 0. The Labute approximate surface area is 136 Å². The number of sulfonamides is 1. The normalized spacial score (nSPS) is 20.6. The Morgan fingerprint density at radius 1 is 1.22 bits per heavy atom. The molecule has 0 radical (unpaired) electrons. The maximum atomic E-state index is 12.8. The number of carboxylic acids is 1. The summed E-state index contributed by atoms with van der Waals surface area (Å²) in [4.78, 5) is 13.5. The van der Waals surface area contributed by atoms with Gasteiger partial charge in [-0.15, -0.1) is 0 Å². The van der Waals surface area contributed by atoms with Crippen LogP contribution in [-0.4, -0.2) is 61.4 Å². The van der Waals surface area contributed by atoms with E-state index in [2.05, 4.69) is 4.90 Å². The van der Waals surface area contributed by atoms with Gasteiger partial charge in [0.15, 0.2) is 0 Å². The van der Waals surface area contributed by atoms with Crippen molar-refractivity contribution in [2.45, 2.75) is 24.7 Å². The first-order chi connectivity index (χ1) is 10.9. The van der Waals surface area contributed by atoms with Crippen LogP contribution in [0.15, 0.2) is 23.1 Å². The first kappa shape index (κ1) is 16.4. The Bertz CT molecular complexity index is 705. The lowest BCUT2D eigenvalue weighted by Gasteiger charge is -2.34. The third kappa shape index (κ3) is 3.57. The Morgan fingerprint density at radius 3 is 2.43 bits per heavy atom. The lowest BCUT2D eigenvalue weighted by atomic mass is 10.1. The molecule has 0 spiro atoms. The molecule has 23 heavy (non-hydrogen) atoms. The van der Waals surface area contributed by atoms with Crippen LogP contribution < -0.4 is 0 Å². The fourth-order valence-electron chi connectivity index (χ4n) is 2.97. The van der Waals surface area contributed by atoms with Crippen LogP contribution in [0.25, 0.3) is 0 Å². The van der Waals surface area contributed by atoms with Gasteiger partial charge in [0.1, 0.15) is 0 Å². The van der Waals surface area contributed by atoms with Gasteiger partial charge in [-0.05, 0) is 43.4 Å². The smallest absolute Gasteiger partial charge is 0.335 e. The van der Waals surface area contributed by atoms with Crippen LogP contribution in [0, 0.1) is 12.8 Å². The van der Waals surface area contributed by atoms with Crippen molar-refractivity contribution in [3.63, 3.8) is 0 Å². The average molecular weight is 338 g/mol. The molecule has 1 heterocycles. The monoisotopic (exact) mass is 338 g/mol. The van der Waals surface area contributed by atoms with Gasteiger partial charge in [0.05, 0.1) is 10.5 Å². The van der Waals surface area contributed by atoms with E-state index in [4.69, 9.17) is 5.11 Å². The second kappa shape index (κ2) is 6.22. The summed E-state index contributed by atoms with van der Waals surface area (Å²) in [6.07, 6.45) is 2.58. The molecule has 3 rings (SSSR count). The number of benzene rings is 1. The van der Waals surface area contributed by atoms with Gasteiger partial charge < -0.3 is 10.0 Å². The standard InChI is InChI=1S/C16H22N2O4S/c1-12-2-5-14(16(19)20)10-15(12)23(21,22)18-8-6-17(7-9-18)11-13-3-4-13/h2,5,10,13H,3-4,6-9,11H2,1H3,(H,19,20). The van der Waals surface area contributed by atoms with Gasteiger partial charge in [-0.3, -0.25) is 0 Å². The molecule has 1 saturated heterocycles. The number of carbonyl (C=O) groups is 1. The summed E-state index contributed by atoms with van der Waals surface area (Å²) in [5, 5.41) is 9.09. The minimum absolute atomic E-state index is 0.00143. The second-order valence-corrected chi connectivity index (χ2v) is 8.34. The summed E-state index contributed by atoms with van der Waals surface area (Å²) in [6, 6.07) is 4.26. The third-order valence-electron chi connectivity index (χ3n) is 4.60. The number of carboxylic acid groups (broad SMARTS) is 1. The topological polar surface area (TPSA) is 77.9 Å². The first-order valence-corrected chi connectivity index (χ1v) is 9.38. The summed E-state index contributed by atoms with van der Waals surface area (Å²) in [7, 11) is -3.64. The maximum absolute atomic E-state index is 12.8. The number of hydrogen-bond acceptors (Lipinski definition) is 4. The molecule has 1 aliphatic heterocycles. The number of aryl methyl sites for hydroxylation is 1. The number of aromatic carboxylic acids is 1. The van der Waals surface area contributed by atoms with Crippen LogP contribution in [0.4, 0.5) is 0 Å². The van der Waals surface area contributed by atoms with Crippen molar-refractivity contribution in [3.05, 3.63) is 29.3 Å². The van der Waals surface area contributed by atoms with Gasteiger partial charge in [-0.1, -0.05) is 6.07 Å². The summed E-state index contributed by atoms with van der Waals surface area (Å²) in [5.41, 5.74) is 0.581. The van der Waals surface area contributed by atoms with Crippen molar-refractivity contribution in [3.8, 4) is 0 Å². The molecule has 0 amide bonds. The highest BCUT2D eigenvalue weighted by atomic mass is 32.2. The van der Waals surface area contributed by atoms with E-state index >= 15 is 0 Å². The lowest BCUT2D eigenvalue weighted by Crippen LogP contribution is -2.49. The minimum Gasteiger partial charge on any atom is -0.478 e. The number of nitrogens with zero attached hydrogens (tertiary/aromatic N) is 2. The number of rotatable bonds is 5. The van der Waals surface area contributed by atoms with Crippen molar-refractivity contribution < 1.29 is 18.3 Å². The van der Waals surface area contributed by atoms with E-state index in [1.165, 1.54) is 29.3 Å². The highest BCUT2D eigenvalue weighted by Gasteiger charge is 2.32. The zero-order valence-corrected chi connectivity index (χ0v) is 14.1. The second-order valence-electron chi connectivity index (χ2n) is 6.43. The van der Waals surface area contributed by atoms with E-state index in [0.717, 1.165) is 25.6 Å². The fourth-order valence-corrected chi connectivity index (χ4v) is 4.64. The third-order valence-corrected chi connectivity index (χ3v) is 6.64. The predicted molar refractivity (Wildman–Crippen MR) is 86.1 cm³/mol. The summed E-state index contributed by atoms with van der Waals surface area (Å²) in [6.45, 7) is 5.18. The van der Waals surface area contributed by atoms with Crippen molar-refractivity contribution in [1.82, 2.24) is 9.21 Å². The molecule has 1 aromatic rings. The molecule has 0 aromatic heterocycles. The number of hydrogen-bond donors (Lipinski definition) is 1. The van der Waals surface area contributed by atoms with E-state index in [9.17, 15) is 13.2 Å². The first-order valence-electron chi connectivity index (χ1n) is 7.94. The molecular weight excluding hydrogens is 316 g/mol. The molecule has 1 N–H and O–H groups in total. The molecule has 7 heteroatoms. The summed E-state index contributed by atoms with van der Waals surface area (Å²) < 4.78 is 27.2. The van der Waals surface area contributed by atoms with Crippen molar-refractivity contribution in [2.24, 2.45) is 5.92 Å². The van der Waals surface area contributed by atoms with Gasteiger partial charge >= 0.3 is 5.97 Å². The zero-order valence-electron chi connectivity index (χ0n) is 13.2. The van der Waals surface area contributed by atoms with Gasteiger partial charge in [0, 0.05) is 32.7 Å². The Kier molecular flexibility index (Phi) is 4.44. The van der Waals surface area contributed by atoms with Gasteiger partial charge in [-0.25, -0.2) is 13.2 Å². The van der Waals surface area contributed by atoms with Crippen LogP contribution in [0.2, 0.25) is 0 Å². The van der Waals surface area contributed by atoms with Crippen LogP contribution in [0.1, 0.15) is 28.8 Å². The molecule has 1 aliphatic carbocycles. The largest absolute Gasteiger partial charge is 0.478 e. The lowest BCUT2D eigenvalue weighted by molar-refractivity contribution is 0.0696. The van der Waals surface area contributed by atoms with Crippen molar-refractivity contribution in [2.75, 3.05) is 32.7 Å². The molecule has 2 fully saturated rings. The highest BCUT2D eigenvalue weighted by Crippen LogP contribution is 2.30. The quantitative estimate of drug-likeness (QED) is 0.878. The molecule has 1 saturated carbocycles. The van der Waals surface area contributed by atoms with Crippen LogP contribution in [0.3, 0.4) is 0 Å². The van der Waals surface area contributed by atoms with Crippen LogP contribution >= 0.6 is 0 Å². The minimum atomic E-state index is -3.64. The zero-order chi connectivity index (χ0) is 16.6. The Hall–Kier alpha value is -1.44. The highest BCUT2D eigenvalue weighted by molar-refractivity contribution is 7.89. The molecule has 0 unspecified atom stereocenters. The van der Waals surface area contributed by atoms with E-state index in [1.54, 1.807) is 13.0 Å². The fraction of sp³-hybridized carbons (Fsp3) is 0.562. The molecular formula is C16H22N2O4S. The molecule has 2 aliphatic rings. The predicted octanol–water partition coefficient (Wildman–Crippen LogP) is 1.41. The molecule has 0 bridgehead atoms. The number of piperazine rings is 1. The molecule has 6 nitrogen and oxygen atoms in total. The molecule has 1 aromatic carbocycles. The summed E-state index contributed by atoms with van der Waals surface area (Å²) in [5.74, 6) is -0.316. The van der Waals surface area contributed by atoms with Gasteiger partial charge in [0.2, 0.25) is 10.0 Å². The van der Waals surface area contributed by atoms with E-state index in [-0.39, 0.29) is 10.5 Å². The van der Waals surface area contributed by atoms with Gasteiger partial charge in [-0.2, -0.15) is 4.31 Å². The van der Waals surface area contributed by atoms with Crippen LogP contribution in [0.5, 0.6) is 0 Å². The van der Waals surface area contributed by atoms with E-state index in [1.807, 2.05) is 0 Å². The molecule has 0 atom stereocenters. The van der Waals surface area contributed by atoms with Gasteiger partial charge in [0.25, 0.3) is 0 Å². The van der Waals surface area contributed by atoms with Crippen LogP contribution in [-0.2, 0) is 10.0 Å².